The molecule has 0 N–H and O–H groups in total. The maximum Gasteiger partial charge on any atom is 0.417 e. The number of hydrogen-bond acceptors (Lipinski definition) is 1. The van der Waals surface area contributed by atoms with Crippen LogP contribution >= 0.6 is 11.6 Å². The van der Waals surface area contributed by atoms with E-state index in [9.17, 15) is 22.4 Å². The van der Waals surface area contributed by atoms with Crippen LogP contribution in [0.3, 0.4) is 0 Å². The Bertz CT molecular complexity index is 412. The summed E-state index contributed by atoms with van der Waals surface area (Å²) in [4.78, 5) is 11.4. The van der Waals surface area contributed by atoms with Gasteiger partial charge in [-0.25, -0.2) is 4.39 Å². The fourth-order valence-corrected chi connectivity index (χ4v) is 1.30. The zero-order valence-electron chi connectivity index (χ0n) is 8.11. The summed E-state index contributed by atoms with van der Waals surface area (Å²) in [7, 11) is 0. The van der Waals surface area contributed by atoms with Crippen LogP contribution in [0.1, 0.15) is 22.8 Å². The Morgan fingerprint density at radius 3 is 2.38 bits per heavy atom. The molecule has 1 rings (SSSR count). The molecule has 0 radical (unpaired) electrons. The summed E-state index contributed by atoms with van der Waals surface area (Å²) in [5.41, 5.74) is -1.92. The summed E-state index contributed by atoms with van der Waals surface area (Å²) >= 11 is 5.40. The lowest BCUT2D eigenvalue weighted by atomic mass is 10.0. The maximum absolute atomic E-state index is 12.8. The van der Waals surface area contributed by atoms with Gasteiger partial charge in [0.25, 0.3) is 0 Å². The molecule has 1 unspecified atom stereocenters. The van der Waals surface area contributed by atoms with Crippen molar-refractivity contribution >= 4 is 17.4 Å². The fraction of sp³-hybridized carbons (Fsp3) is 0.300. The molecular formula is C10H7ClF4O. The predicted molar refractivity (Wildman–Crippen MR) is 51.0 cm³/mol. The highest BCUT2D eigenvalue weighted by molar-refractivity contribution is 6.33. The third kappa shape index (κ3) is 2.72. The molecule has 0 spiro atoms. The number of benzene rings is 1. The van der Waals surface area contributed by atoms with Crippen molar-refractivity contribution in [2.75, 3.05) is 0 Å². The van der Waals surface area contributed by atoms with Crippen LogP contribution in [0.5, 0.6) is 0 Å². The molecule has 1 aromatic carbocycles. The summed E-state index contributed by atoms with van der Waals surface area (Å²) in [6.45, 7) is 1.23. The van der Waals surface area contributed by atoms with Crippen molar-refractivity contribution in [3.8, 4) is 0 Å². The summed E-state index contributed by atoms with van der Waals surface area (Å²) < 4.78 is 50.3. The van der Waals surface area contributed by atoms with Gasteiger partial charge in [0.15, 0.2) is 5.78 Å². The summed E-state index contributed by atoms with van der Waals surface area (Å²) in [6.07, 6.45) is -4.70. The number of halogens is 5. The Morgan fingerprint density at radius 1 is 1.38 bits per heavy atom. The maximum atomic E-state index is 12.8. The van der Waals surface area contributed by atoms with Crippen molar-refractivity contribution in [2.24, 2.45) is 0 Å². The van der Waals surface area contributed by atoms with E-state index >= 15 is 0 Å². The van der Waals surface area contributed by atoms with Gasteiger partial charge >= 0.3 is 6.18 Å². The van der Waals surface area contributed by atoms with Gasteiger partial charge in [-0.05, 0) is 25.1 Å². The largest absolute Gasteiger partial charge is 0.417 e. The smallest absolute Gasteiger partial charge is 0.293 e. The van der Waals surface area contributed by atoms with Gasteiger partial charge in [0.1, 0.15) is 5.82 Å². The van der Waals surface area contributed by atoms with Crippen molar-refractivity contribution in [1.29, 1.82) is 0 Å². The number of Topliss-reactive ketones (excluding diaryl/α,β-unsaturated/α-hetero) is 1. The number of rotatable bonds is 2. The lowest BCUT2D eigenvalue weighted by molar-refractivity contribution is -0.137. The normalized spacial score (nSPS) is 13.6. The van der Waals surface area contributed by atoms with Crippen molar-refractivity contribution < 1.29 is 22.4 Å². The number of ketones is 1. The fourth-order valence-electron chi connectivity index (χ4n) is 1.18. The SMILES string of the molecule is CC(Cl)C(=O)c1cc(F)ccc1C(F)(F)F. The van der Waals surface area contributed by atoms with Gasteiger partial charge in [-0.1, -0.05) is 0 Å². The van der Waals surface area contributed by atoms with E-state index in [1.165, 1.54) is 6.92 Å². The number of alkyl halides is 4. The van der Waals surface area contributed by atoms with E-state index in [2.05, 4.69) is 0 Å². The van der Waals surface area contributed by atoms with Crippen LogP contribution in [0, 0.1) is 5.82 Å². The highest BCUT2D eigenvalue weighted by atomic mass is 35.5. The number of carbonyl (C=O) groups excluding carboxylic acids is 1. The standard InChI is InChI=1S/C10H7ClF4O/c1-5(11)9(16)7-4-6(12)2-3-8(7)10(13,14)15/h2-5H,1H3. The third-order valence-electron chi connectivity index (χ3n) is 1.91. The summed E-state index contributed by atoms with van der Waals surface area (Å²) in [6, 6.07) is 1.73. The number of hydrogen-bond donors (Lipinski definition) is 0. The summed E-state index contributed by atoms with van der Waals surface area (Å²) in [5, 5.41) is -1.14. The highest BCUT2D eigenvalue weighted by Crippen LogP contribution is 2.33. The monoisotopic (exact) mass is 254 g/mol. The van der Waals surface area contributed by atoms with Crippen LogP contribution in [0.2, 0.25) is 0 Å². The highest BCUT2D eigenvalue weighted by Gasteiger charge is 2.35. The minimum Gasteiger partial charge on any atom is -0.293 e. The second-order valence-electron chi connectivity index (χ2n) is 3.17. The van der Waals surface area contributed by atoms with Crippen LogP contribution < -0.4 is 0 Å². The minimum absolute atomic E-state index is 0.530. The Hall–Kier alpha value is -1.10. The zero-order valence-corrected chi connectivity index (χ0v) is 8.86. The molecule has 0 heterocycles. The topological polar surface area (TPSA) is 17.1 Å². The van der Waals surface area contributed by atoms with E-state index in [1.807, 2.05) is 0 Å². The molecule has 0 aliphatic rings. The van der Waals surface area contributed by atoms with E-state index in [4.69, 9.17) is 11.6 Å². The average Bonchev–Trinajstić information content (AvgIpc) is 2.14. The molecule has 88 valence electrons. The minimum atomic E-state index is -4.70. The molecule has 0 aliphatic carbocycles. The van der Waals surface area contributed by atoms with Gasteiger partial charge in [0, 0.05) is 5.56 Å². The molecule has 0 bridgehead atoms. The Labute approximate surface area is 94.0 Å². The zero-order chi connectivity index (χ0) is 12.5. The van der Waals surface area contributed by atoms with E-state index in [1.54, 1.807) is 0 Å². The van der Waals surface area contributed by atoms with Gasteiger partial charge in [-0.2, -0.15) is 13.2 Å². The Balaban J connectivity index is 3.35. The first-order valence-electron chi connectivity index (χ1n) is 4.28. The molecule has 0 saturated carbocycles. The molecule has 6 heteroatoms. The van der Waals surface area contributed by atoms with Crippen LogP contribution in [0.25, 0.3) is 0 Å². The third-order valence-corrected chi connectivity index (χ3v) is 2.11. The van der Waals surface area contributed by atoms with E-state index < -0.39 is 34.3 Å². The average molecular weight is 255 g/mol. The lowest BCUT2D eigenvalue weighted by Crippen LogP contribution is -2.18. The van der Waals surface area contributed by atoms with Crippen molar-refractivity contribution in [3.05, 3.63) is 35.1 Å². The molecule has 0 fully saturated rings. The second-order valence-corrected chi connectivity index (χ2v) is 3.82. The summed E-state index contributed by atoms with van der Waals surface area (Å²) in [5.74, 6) is -1.86. The van der Waals surface area contributed by atoms with Crippen molar-refractivity contribution in [3.63, 3.8) is 0 Å². The lowest BCUT2D eigenvalue weighted by Gasteiger charge is -2.12. The van der Waals surface area contributed by atoms with Crippen molar-refractivity contribution in [1.82, 2.24) is 0 Å². The van der Waals surface area contributed by atoms with E-state index in [0.717, 1.165) is 0 Å². The molecule has 1 nitrogen and oxygen atoms in total. The van der Waals surface area contributed by atoms with Gasteiger partial charge in [0.2, 0.25) is 0 Å². The van der Waals surface area contributed by atoms with Crippen LogP contribution in [0.15, 0.2) is 18.2 Å². The van der Waals surface area contributed by atoms with Crippen LogP contribution in [-0.2, 0) is 6.18 Å². The predicted octanol–water partition coefficient (Wildman–Crippen LogP) is 3.65. The first kappa shape index (κ1) is 13.0. The van der Waals surface area contributed by atoms with Gasteiger partial charge in [-0.15, -0.1) is 11.6 Å². The Kier molecular flexibility index (Phi) is 3.57. The molecule has 0 amide bonds. The van der Waals surface area contributed by atoms with Crippen molar-refractivity contribution in [2.45, 2.75) is 18.5 Å². The second kappa shape index (κ2) is 4.41. The first-order chi connectivity index (χ1) is 7.23. The number of carbonyl (C=O) groups is 1. The Morgan fingerprint density at radius 2 is 1.94 bits per heavy atom. The molecule has 0 saturated heterocycles. The van der Waals surface area contributed by atoms with Crippen LogP contribution in [-0.4, -0.2) is 11.2 Å². The van der Waals surface area contributed by atoms with E-state index in [0.29, 0.717) is 18.2 Å². The molecule has 16 heavy (non-hydrogen) atoms. The van der Waals surface area contributed by atoms with Gasteiger partial charge in [-0.3, -0.25) is 4.79 Å². The van der Waals surface area contributed by atoms with E-state index in [-0.39, 0.29) is 0 Å². The molecule has 1 aromatic rings. The molecular weight excluding hydrogens is 248 g/mol. The first-order valence-corrected chi connectivity index (χ1v) is 4.72. The molecule has 0 aromatic heterocycles. The van der Waals surface area contributed by atoms with Gasteiger partial charge < -0.3 is 0 Å². The van der Waals surface area contributed by atoms with Crippen LogP contribution in [0.4, 0.5) is 17.6 Å². The molecule has 0 aliphatic heterocycles. The molecule has 1 atom stereocenters. The quantitative estimate of drug-likeness (QED) is 0.447. The van der Waals surface area contributed by atoms with Gasteiger partial charge in [0.05, 0.1) is 10.9 Å².